The molecule has 2 aliphatic heterocycles. The van der Waals surface area contributed by atoms with Gasteiger partial charge in [-0.1, -0.05) is 41.4 Å². The molecule has 152 valence electrons. The number of ether oxygens (including phenoxy) is 1. The number of benzene rings is 2. The Bertz CT molecular complexity index is 1320. The van der Waals surface area contributed by atoms with E-state index >= 15 is 0 Å². The van der Waals surface area contributed by atoms with E-state index in [0.29, 0.717) is 16.0 Å². The molecule has 2 atom stereocenters. The zero-order valence-electron chi connectivity index (χ0n) is 16.0. The van der Waals surface area contributed by atoms with E-state index in [2.05, 4.69) is 20.4 Å². The van der Waals surface area contributed by atoms with Crippen LogP contribution in [0, 0.1) is 0 Å². The number of pyridine rings is 1. The fourth-order valence-electron chi connectivity index (χ4n) is 4.21. The van der Waals surface area contributed by atoms with E-state index in [1.165, 1.54) is 0 Å². The predicted octanol–water partition coefficient (Wildman–Crippen LogP) is 5.54. The second-order valence-corrected chi connectivity index (χ2v) is 8.24. The van der Waals surface area contributed by atoms with Gasteiger partial charge in [-0.25, -0.2) is 4.68 Å². The SMILES string of the molecule is Clc1ccc([C@H]2Oc3ccc(Cl)cc3C3=C2[C@@H](c2cccnc2)n2ncnc2N3)cc1. The first-order valence-corrected chi connectivity index (χ1v) is 10.5. The Kier molecular flexibility index (Phi) is 4.23. The molecule has 6 nitrogen and oxygen atoms in total. The number of hydrogen-bond acceptors (Lipinski definition) is 5. The molecule has 2 aliphatic rings. The highest BCUT2D eigenvalue weighted by Crippen LogP contribution is 2.50. The quantitative estimate of drug-likeness (QED) is 0.436. The van der Waals surface area contributed by atoms with Crippen LogP contribution >= 0.6 is 23.2 Å². The van der Waals surface area contributed by atoms with Gasteiger partial charge in [-0.15, -0.1) is 0 Å². The van der Waals surface area contributed by atoms with Gasteiger partial charge in [0.15, 0.2) is 0 Å². The van der Waals surface area contributed by atoms with Gasteiger partial charge >= 0.3 is 0 Å². The maximum atomic E-state index is 6.54. The van der Waals surface area contributed by atoms with E-state index in [0.717, 1.165) is 33.7 Å². The first-order valence-electron chi connectivity index (χ1n) is 9.71. The minimum atomic E-state index is -0.365. The summed E-state index contributed by atoms with van der Waals surface area (Å²) in [5.74, 6) is 1.39. The third-order valence-corrected chi connectivity index (χ3v) is 6.04. The number of nitrogens with one attached hydrogen (secondary N) is 1. The van der Waals surface area contributed by atoms with Crippen molar-refractivity contribution in [2.45, 2.75) is 12.1 Å². The lowest BCUT2D eigenvalue weighted by atomic mass is 9.85. The molecule has 0 amide bonds. The lowest BCUT2D eigenvalue weighted by Gasteiger charge is -2.38. The maximum absolute atomic E-state index is 6.54. The summed E-state index contributed by atoms with van der Waals surface area (Å²) in [6, 6.07) is 17.0. The lowest BCUT2D eigenvalue weighted by Crippen LogP contribution is -2.32. The summed E-state index contributed by atoms with van der Waals surface area (Å²) >= 11 is 12.5. The van der Waals surface area contributed by atoms with E-state index in [1.54, 1.807) is 12.5 Å². The van der Waals surface area contributed by atoms with Crippen LogP contribution in [0.15, 0.2) is 78.9 Å². The van der Waals surface area contributed by atoms with E-state index < -0.39 is 0 Å². The molecule has 2 aromatic heterocycles. The molecule has 6 rings (SSSR count). The van der Waals surface area contributed by atoms with Crippen LogP contribution in [-0.2, 0) is 0 Å². The Morgan fingerprint density at radius 3 is 2.61 bits per heavy atom. The van der Waals surface area contributed by atoms with Crippen LogP contribution < -0.4 is 10.1 Å². The molecule has 0 aliphatic carbocycles. The third-order valence-electron chi connectivity index (χ3n) is 5.55. The van der Waals surface area contributed by atoms with Crippen molar-refractivity contribution in [1.82, 2.24) is 19.7 Å². The number of rotatable bonds is 2. The zero-order valence-corrected chi connectivity index (χ0v) is 17.5. The van der Waals surface area contributed by atoms with Crippen molar-refractivity contribution < 1.29 is 4.74 Å². The number of anilines is 1. The monoisotopic (exact) mass is 447 g/mol. The van der Waals surface area contributed by atoms with Gasteiger partial charge in [-0.2, -0.15) is 10.1 Å². The molecule has 0 saturated heterocycles. The number of aromatic nitrogens is 4. The molecule has 0 spiro atoms. The largest absolute Gasteiger partial charge is 0.480 e. The van der Waals surface area contributed by atoms with Crippen molar-refractivity contribution in [1.29, 1.82) is 0 Å². The fraction of sp³-hybridized carbons (Fsp3) is 0.0870. The van der Waals surface area contributed by atoms with Crippen LogP contribution in [0.3, 0.4) is 0 Å². The zero-order chi connectivity index (χ0) is 20.9. The summed E-state index contributed by atoms with van der Waals surface area (Å²) < 4.78 is 8.40. The standard InChI is InChI=1S/C23H15Cl2N5O/c24-15-5-3-13(4-6-15)22-19-20(17-10-16(25)7-8-18(17)31-22)29-23-27-12-28-30(23)21(19)14-2-1-9-26-11-14/h1-12,21-22H,(H,27,28,29)/t21-,22-/m1/s1. The van der Waals surface area contributed by atoms with Gasteiger partial charge in [0.1, 0.15) is 24.2 Å². The van der Waals surface area contributed by atoms with Crippen LogP contribution in [0.25, 0.3) is 5.70 Å². The van der Waals surface area contributed by atoms with Gasteiger partial charge < -0.3 is 10.1 Å². The highest BCUT2D eigenvalue weighted by Gasteiger charge is 2.41. The van der Waals surface area contributed by atoms with Gasteiger partial charge in [-0.3, -0.25) is 4.98 Å². The topological polar surface area (TPSA) is 64.9 Å². The smallest absolute Gasteiger partial charge is 0.226 e. The summed E-state index contributed by atoms with van der Waals surface area (Å²) in [6.45, 7) is 0. The van der Waals surface area contributed by atoms with Crippen molar-refractivity contribution in [3.05, 3.63) is 106 Å². The Morgan fingerprint density at radius 1 is 0.968 bits per heavy atom. The van der Waals surface area contributed by atoms with Gasteiger partial charge in [0, 0.05) is 33.6 Å². The van der Waals surface area contributed by atoms with Crippen LogP contribution in [-0.4, -0.2) is 19.7 Å². The Labute approximate surface area is 188 Å². The van der Waals surface area contributed by atoms with Crippen LogP contribution in [0.2, 0.25) is 10.0 Å². The second kappa shape index (κ2) is 7.11. The normalized spacial score (nSPS) is 19.0. The predicted molar refractivity (Wildman–Crippen MR) is 119 cm³/mol. The molecule has 8 heteroatoms. The summed E-state index contributed by atoms with van der Waals surface area (Å²) in [7, 11) is 0. The maximum Gasteiger partial charge on any atom is 0.226 e. The van der Waals surface area contributed by atoms with Crippen molar-refractivity contribution in [3.63, 3.8) is 0 Å². The number of fused-ring (bicyclic) bond motifs is 3. The van der Waals surface area contributed by atoms with Gasteiger partial charge in [0.25, 0.3) is 0 Å². The molecule has 2 aromatic carbocycles. The third kappa shape index (κ3) is 2.99. The molecular formula is C23H15Cl2N5O. The minimum absolute atomic E-state index is 0.254. The first-order chi connectivity index (χ1) is 15.2. The van der Waals surface area contributed by atoms with E-state index in [9.17, 15) is 0 Å². The highest BCUT2D eigenvalue weighted by atomic mass is 35.5. The minimum Gasteiger partial charge on any atom is -0.480 e. The molecule has 0 radical (unpaired) electrons. The number of hydrogen-bond donors (Lipinski definition) is 1. The van der Waals surface area contributed by atoms with E-state index in [4.69, 9.17) is 27.9 Å². The molecule has 0 bridgehead atoms. The summed E-state index contributed by atoms with van der Waals surface area (Å²) in [5.41, 5.74) is 4.77. The van der Waals surface area contributed by atoms with Crippen molar-refractivity contribution in [3.8, 4) is 5.75 Å². The number of halogens is 2. The van der Waals surface area contributed by atoms with E-state index in [1.807, 2.05) is 65.5 Å². The highest BCUT2D eigenvalue weighted by molar-refractivity contribution is 6.31. The molecule has 0 saturated carbocycles. The van der Waals surface area contributed by atoms with Gasteiger partial charge in [-0.05, 0) is 47.5 Å². The first kappa shape index (κ1) is 18.4. The average molecular weight is 448 g/mol. The molecule has 1 N–H and O–H groups in total. The summed E-state index contributed by atoms with van der Waals surface area (Å²) in [5, 5.41) is 9.26. The molecular weight excluding hydrogens is 433 g/mol. The molecule has 4 heterocycles. The van der Waals surface area contributed by atoms with Crippen LogP contribution in [0.4, 0.5) is 5.95 Å². The van der Waals surface area contributed by atoms with Crippen molar-refractivity contribution in [2.24, 2.45) is 0 Å². The summed E-state index contributed by atoms with van der Waals surface area (Å²) in [4.78, 5) is 8.76. The van der Waals surface area contributed by atoms with Gasteiger partial charge in [0.2, 0.25) is 5.95 Å². The molecule has 0 fully saturated rings. The van der Waals surface area contributed by atoms with Crippen molar-refractivity contribution >= 4 is 34.8 Å². The van der Waals surface area contributed by atoms with Crippen LogP contribution in [0.1, 0.15) is 28.8 Å². The van der Waals surface area contributed by atoms with Gasteiger partial charge in [0.05, 0.1) is 5.70 Å². The Hall–Kier alpha value is -3.35. The summed E-state index contributed by atoms with van der Waals surface area (Å²) in [6.07, 6.45) is 4.78. The number of nitrogens with zero attached hydrogens (tertiary/aromatic N) is 4. The second-order valence-electron chi connectivity index (χ2n) is 7.36. The van der Waals surface area contributed by atoms with Crippen LogP contribution in [0.5, 0.6) is 5.75 Å². The van der Waals surface area contributed by atoms with Crippen molar-refractivity contribution in [2.75, 3.05) is 5.32 Å². The Morgan fingerprint density at radius 2 is 1.81 bits per heavy atom. The molecule has 31 heavy (non-hydrogen) atoms. The fourth-order valence-corrected chi connectivity index (χ4v) is 4.51. The Balaban J connectivity index is 1.64. The van der Waals surface area contributed by atoms with E-state index in [-0.39, 0.29) is 12.1 Å². The molecule has 0 unspecified atom stereocenters. The molecule has 4 aromatic rings. The lowest BCUT2D eigenvalue weighted by molar-refractivity contribution is 0.223. The average Bonchev–Trinajstić information content (AvgIpc) is 3.27.